The molecule has 0 aliphatic rings. The van der Waals surface area contributed by atoms with Crippen molar-refractivity contribution in [1.82, 2.24) is 0 Å². The Morgan fingerprint density at radius 3 is 1.90 bits per heavy atom. The third-order valence-corrected chi connectivity index (χ3v) is 4.16. The first-order valence-electron chi connectivity index (χ1n) is 7.14. The Labute approximate surface area is 140 Å². The van der Waals surface area contributed by atoms with Gasteiger partial charge in [-0.05, 0) is 45.7 Å². The maximum Gasteiger partial charge on any atom is 0.108 e. The third kappa shape index (κ3) is 4.74. The predicted octanol–water partition coefficient (Wildman–Crippen LogP) is 3.19. The van der Waals surface area contributed by atoms with E-state index in [1.807, 2.05) is 32.0 Å². The van der Waals surface area contributed by atoms with Crippen LogP contribution in [0.3, 0.4) is 0 Å². The van der Waals surface area contributed by atoms with E-state index in [4.69, 9.17) is 0 Å². The zero-order valence-corrected chi connectivity index (χ0v) is 15.6. The van der Waals surface area contributed by atoms with Gasteiger partial charge in [-0.3, -0.25) is 4.99 Å². The van der Waals surface area contributed by atoms with Gasteiger partial charge in [0, 0.05) is 5.90 Å². The second-order valence-electron chi connectivity index (χ2n) is 5.19. The van der Waals surface area contributed by atoms with E-state index in [9.17, 15) is 5.11 Å². The number of para-hydroxylation sites is 1. The molecule has 0 N–H and O–H groups in total. The Bertz CT molecular complexity index is 425. The molecule has 0 saturated heterocycles. The summed E-state index contributed by atoms with van der Waals surface area (Å²) in [5.41, 5.74) is 2.97. The number of aryl methyl sites for hydroxylation is 2. The van der Waals surface area contributed by atoms with Crippen molar-refractivity contribution in [2.75, 3.05) is 26.2 Å². The van der Waals surface area contributed by atoms with E-state index in [1.165, 1.54) is 0 Å². The summed E-state index contributed by atoms with van der Waals surface area (Å²) in [5, 5.41) is 12.2. The van der Waals surface area contributed by atoms with E-state index in [-0.39, 0.29) is 29.9 Å². The number of hydrogen-bond acceptors (Lipinski definition) is 2. The third-order valence-electron chi connectivity index (χ3n) is 4.16. The van der Waals surface area contributed by atoms with Crippen molar-refractivity contribution in [3.05, 3.63) is 29.3 Å². The summed E-state index contributed by atoms with van der Waals surface area (Å²) in [6.45, 7) is 13.8. The van der Waals surface area contributed by atoms with E-state index in [0.717, 1.165) is 40.9 Å². The Balaban J connectivity index is 0.00000361. The quantitative estimate of drug-likeness (QED) is 0.318. The monoisotopic (exact) mass is 390 g/mol. The second kappa shape index (κ2) is 8.62. The van der Waals surface area contributed by atoms with E-state index in [0.29, 0.717) is 6.54 Å². The fourth-order valence-electron chi connectivity index (χ4n) is 2.44. The molecule has 0 fully saturated rings. The average Bonchev–Trinajstić information content (AvgIpc) is 2.41. The number of nitrogens with zero attached hydrogens (tertiary/aromatic N) is 2. The highest BCUT2D eigenvalue weighted by atomic mass is 127. The molecule has 0 saturated carbocycles. The topological polar surface area (TPSA) is 35.4 Å². The molecule has 0 aliphatic carbocycles. The lowest BCUT2D eigenvalue weighted by molar-refractivity contribution is -0.916. The number of aliphatic imine (C=N–C) groups is 1. The van der Waals surface area contributed by atoms with E-state index >= 15 is 0 Å². The van der Waals surface area contributed by atoms with Gasteiger partial charge in [0.1, 0.15) is 6.54 Å². The Morgan fingerprint density at radius 2 is 1.50 bits per heavy atom. The van der Waals surface area contributed by atoms with Gasteiger partial charge < -0.3 is 9.59 Å². The van der Waals surface area contributed by atoms with Crippen molar-refractivity contribution in [1.29, 1.82) is 0 Å². The number of hydrogen-bond donors (Lipinski definition) is 0. The second-order valence-corrected chi connectivity index (χ2v) is 5.19. The number of quaternary nitrogens is 1. The molecular weight excluding hydrogens is 363 g/mol. The van der Waals surface area contributed by atoms with Crippen molar-refractivity contribution in [3.63, 3.8) is 0 Å². The SMILES string of the molecule is CC[N+](CC)(CC)CC([O-])=Nc1c(C)cccc1C.I. The minimum atomic E-state index is -0.0112. The molecule has 0 aromatic heterocycles. The van der Waals surface area contributed by atoms with Gasteiger partial charge in [0.05, 0.1) is 25.3 Å². The average molecular weight is 390 g/mol. The summed E-state index contributed by atoms with van der Waals surface area (Å²) < 4.78 is 0.813. The number of halogens is 1. The smallest absolute Gasteiger partial charge is 0.108 e. The number of rotatable bonds is 6. The van der Waals surface area contributed by atoms with Crippen LogP contribution in [0.2, 0.25) is 0 Å². The number of likely N-dealkylation sites (N-methyl/N-ethyl adjacent to an activating group) is 1. The molecule has 0 amide bonds. The molecule has 3 nitrogen and oxygen atoms in total. The summed E-state index contributed by atoms with van der Waals surface area (Å²) in [6.07, 6.45) is 0. The molecule has 1 rings (SSSR count). The zero-order chi connectivity index (χ0) is 14.5. The van der Waals surface area contributed by atoms with Crippen molar-refractivity contribution >= 4 is 35.6 Å². The van der Waals surface area contributed by atoms with Crippen LogP contribution in [0.5, 0.6) is 0 Å². The standard InChI is InChI=1S/C16H26N2O.HI/c1-6-18(7-2,8-3)12-15(19)17-16-13(4)10-9-11-14(16)5;/h9-11H,6-8,12H2,1-5H3;1H. The van der Waals surface area contributed by atoms with Gasteiger partial charge in [-0.25, -0.2) is 0 Å². The van der Waals surface area contributed by atoms with Gasteiger partial charge >= 0.3 is 0 Å². The van der Waals surface area contributed by atoms with Gasteiger partial charge in [0.25, 0.3) is 0 Å². The molecule has 1 aromatic rings. The molecule has 0 atom stereocenters. The molecule has 0 bridgehead atoms. The predicted molar refractivity (Wildman–Crippen MR) is 95.2 cm³/mol. The van der Waals surface area contributed by atoms with Crippen molar-refractivity contribution in [2.24, 2.45) is 4.99 Å². The first kappa shape index (κ1) is 19.4. The van der Waals surface area contributed by atoms with E-state index in [2.05, 4.69) is 25.8 Å². The number of benzene rings is 1. The molecule has 0 spiro atoms. The van der Waals surface area contributed by atoms with Crippen LogP contribution in [0.4, 0.5) is 5.69 Å². The van der Waals surface area contributed by atoms with Gasteiger partial charge in [0.2, 0.25) is 0 Å². The Morgan fingerprint density at radius 1 is 1.05 bits per heavy atom. The van der Waals surface area contributed by atoms with Crippen molar-refractivity contribution in [2.45, 2.75) is 34.6 Å². The van der Waals surface area contributed by atoms with Gasteiger partial charge in [0.15, 0.2) is 0 Å². The van der Waals surface area contributed by atoms with Gasteiger partial charge in [-0.15, -0.1) is 24.0 Å². The van der Waals surface area contributed by atoms with Crippen LogP contribution in [-0.4, -0.2) is 36.6 Å². The fraction of sp³-hybridized carbons (Fsp3) is 0.562. The molecule has 0 aliphatic heterocycles. The highest BCUT2D eigenvalue weighted by Crippen LogP contribution is 2.23. The van der Waals surface area contributed by atoms with Crippen LogP contribution < -0.4 is 5.11 Å². The lowest BCUT2D eigenvalue weighted by Gasteiger charge is -2.37. The maximum absolute atomic E-state index is 12.2. The molecule has 20 heavy (non-hydrogen) atoms. The van der Waals surface area contributed by atoms with Crippen molar-refractivity contribution < 1.29 is 9.59 Å². The molecule has 0 unspecified atom stereocenters. The normalized spacial score (nSPS) is 12.2. The molecule has 114 valence electrons. The molecular formula is C16H27IN2O. The highest BCUT2D eigenvalue weighted by molar-refractivity contribution is 14.0. The zero-order valence-electron chi connectivity index (χ0n) is 13.3. The lowest BCUT2D eigenvalue weighted by Crippen LogP contribution is -2.53. The van der Waals surface area contributed by atoms with Crippen LogP contribution >= 0.6 is 24.0 Å². The fourth-order valence-corrected chi connectivity index (χ4v) is 2.44. The van der Waals surface area contributed by atoms with Crippen LogP contribution in [0, 0.1) is 13.8 Å². The minimum absolute atomic E-state index is 0. The largest absolute Gasteiger partial charge is 0.858 e. The summed E-state index contributed by atoms with van der Waals surface area (Å²) in [5.74, 6) is -0.0112. The van der Waals surface area contributed by atoms with Gasteiger partial charge in [-0.2, -0.15) is 0 Å². The summed E-state index contributed by atoms with van der Waals surface area (Å²) in [6, 6.07) is 6.00. The summed E-state index contributed by atoms with van der Waals surface area (Å²) in [4.78, 5) is 4.33. The Kier molecular flexibility index (Phi) is 8.35. The van der Waals surface area contributed by atoms with Gasteiger partial charge in [-0.1, -0.05) is 18.2 Å². The van der Waals surface area contributed by atoms with E-state index < -0.39 is 0 Å². The lowest BCUT2D eigenvalue weighted by atomic mass is 10.1. The van der Waals surface area contributed by atoms with Crippen LogP contribution in [0.25, 0.3) is 0 Å². The Hall–Kier alpha value is -0.620. The van der Waals surface area contributed by atoms with Crippen molar-refractivity contribution in [3.8, 4) is 0 Å². The molecule has 0 radical (unpaired) electrons. The molecule has 0 heterocycles. The molecule has 1 aromatic carbocycles. The summed E-state index contributed by atoms with van der Waals surface area (Å²) in [7, 11) is 0. The van der Waals surface area contributed by atoms with Crippen LogP contribution in [0.1, 0.15) is 31.9 Å². The summed E-state index contributed by atoms with van der Waals surface area (Å²) >= 11 is 0. The first-order valence-corrected chi connectivity index (χ1v) is 7.14. The van der Waals surface area contributed by atoms with E-state index in [1.54, 1.807) is 0 Å². The highest BCUT2D eigenvalue weighted by Gasteiger charge is 2.20. The van der Waals surface area contributed by atoms with Crippen LogP contribution in [0.15, 0.2) is 23.2 Å². The first-order chi connectivity index (χ1) is 8.98. The molecule has 4 heteroatoms. The minimum Gasteiger partial charge on any atom is -0.858 e. The van der Waals surface area contributed by atoms with Crippen LogP contribution in [-0.2, 0) is 0 Å². The maximum atomic E-state index is 12.2.